The van der Waals surface area contributed by atoms with Crippen molar-refractivity contribution in [2.45, 2.75) is 123 Å². The minimum atomic E-state index is 1.14. The van der Waals surface area contributed by atoms with Crippen molar-refractivity contribution in [3.8, 4) is 5.69 Å². The molecule has 168 valence electrons. The first kappa shape index (κ1) is 24.7. The van der Waals surface area contributed by atoms with Gasteiger partial charge in [0.1, 0.15) is 18.1 Å². The van der Waals surface area contributed by atoms with Gasteiger partial charge in [-0.1, -0.05) is 115 Å². The summed E-state index contributed by atoms with van der Waals surface area (Å²) in [6.45, 7) is 5.66. The van der Waals surface area contributed by atoms with Gasteiger partial charge in [-0.25, -0.2) is 9.13 Å². The molecule has 1 heterocycles. The highest BCUT2D eigenvalue weighted by Crippen LogP contribution is 2.14. The second-order valence-corrected chi connectivity index (χ2v) is 9.05. The van der Waals surface area contributed by atoms with Crippen LogP contribution in [0.25, 0.3) is 5.69 Å². The van der Waals surface area contributed by atoms with Crippen LogP contribution in [0, 0.1) is 6.92 Å². The van der Waals surface area contributed by atoms with Gasteiger partial charge in [-0.05, 0) is 25.0 Å². The summed E-state index contributed by atoms with van der Waals surface area (Å²) in [6.07, 6.45) is 27.3. The lowest BCUT2D eigenvalue weighted by Gasteiger charge is -2.04. The van der Waals surface area contributed by atoms with Crippen LogP contribution in [0.4, 0.5) is 0 Å². The maximum atomic E-state index is 2.40. The molecule has 2 nitrogen and oxygen atoms in total. The van der Waals surface area contributed by atoms with Crippen LogP contribution in [0.3, 0.4) is 0 Å². The van der Waals surface area contributed by atoms with E-state index in [9.17, 15) is 0 Å². The third-order valence-electron chi connectivity index (χ3n) is 6.45. The molecule has 0 amide bonds. The van der Waals surface area contributed by atoms with Crippen LogP contribution in [0.15, 0.2) is 42.7 Å². The fraction of sp³-hybridized carbons (Fsp3) is 0.679. The van der Waals surface area contributed by atoms with Crippen LogP contribution in [-0.4, -0.2) is 4.57 Å². The molecular weight excluding hydrogens is 364 g/mol. The fourth-order valence-electron chi connectivity index (χ4n) is 4.43. The summed E-state index contributed by atoms with van der Waals surface area (Å²) in [5.41, 5.74) is 1.25. The molecule has 0 atom stereocenters. The van der Waals surface area contributed by atoms with E-state index in [1.54, 1.807) is 0 Å². The average molecular weight is 412 g/mol. The molecular formula is C28H47N2+. The molecule has 0 aliphatic carbocycles. The summed E-state index contributed by atoms with van der Waals surface area (Å²) in [5, 5.41) is 0. The van der Waals surface area contributed by atoms with E-state index in [4.69, 9.17) is 0 Å². The number of aryl methyl sites for hydroxylation is 1. The largest absolute Gasteiger partial charge is 0.258 e. The zero-order chi connectivity index (χ0) is 21.3. The molecule has 1 aromatic heterocycles. The quantitative estimate of drug-likeness (QED) is 0.172. The first-order valence-corrected chi connectivity index (χ1v) is 13.0. The highest BCUT2D eigenvalue weighted by molar-refractivity contribution is 5.31. The third-order valence-corrected chi connectivity index (χ3v) is 6.45. The Balaban J connectivity index is 1.40. The molecule has 2 rings (SSSR count). The standard InChI is InChI=1S/C28H47N2/c1-3-4-5-6-7-8-9-10-11-12-13-14-15-16-17-21-24-29-25-26-30(27(29)2)28-22-19-18-20-23-28/h18-20,22-23,25-26H,3-17,21,24H2,1-2H3/q+1. The lowest BCUT2D eigenvalue weighted by Crippen LogP contribution is -2.35. The number of imidazole rings is 1. The molecule has 0 bridgehead atoms. The van der Waals surface area contributed by atoms with E-state index in [1.807, 2.05) is 0 Å². The van der Waals surface area contributed by atoms with Gasteiger partial charge in [-0.15, -0.1) is 0 Å². The van der Waals surface area contributed by atoms with Gasteiger partial charge in [0.15, 0.2) is 0 Å². The molecule has 30 heavy (non-hydrogen) atoms. The van der Waals surface area contributed by atoms with Gasteiger partial charge >= 0.3 is 0 Å². The Morgan fingerprint density at radius 1 is 0.633 bits per heavy atom. The highest BCUT2D eigenvalue weighted by Gasteiger charge is 2.13. The number of hydrogen-bond donors (Lipinski definition) is 0. The van der Waals surface area contributed by atoms with Crippen molar-refractivity contribution in [2.24, 2.45) is 0 Å². The van der Waals surface area contributed by atoms with Gasteiger partial charge in [-0.3, -0.25) is 0 Å². The Morgan fingerprint density at radius 2 is 1.10 bits per heavy atom. The van der Waals surface area contributed by atoms with Crippen molar-refractivity contribution in [1.82, 2.24) is 4.57 Å². The summed E-state index contributed by atoms with van der Waals surface area (Å²) in [5.74, 6) is 1.32. The van der Waals surface area contributed by atoms with Crippen LogP contribution < -0.4 is 4.57 Å². The van der Waals surface area contributed by atoms with E-state index < -0.39 is 0 Å². The normalized spacial score (nSPS) is 11.3. The molecule has 0 unspecified atom stereocenters. The fourth-order valence-corrected chi connectivity index (χ4v) is 4.43. The zero-order valence-electron chi connectivity index (χ0n) is 20.0. The minimum Gasteiger partial charge on any atom is -0.234 e. The molecule has 0 saturated heterocycles. The molecule has 0 aliphatic rings. The van der Waals surface area contributed by atoms with Crippen LogP contribution in [0.1, 0.15) is 115 Å². The first-order chi connectivity index (χ1) is 14.8. The number of benzene rings is 1. The van der Waals surface area contributed by atoms with Crippen molar-refractivity contribution in [1.29, 1.82) is 0 Å². The minimum absolute atomic E-state index is 1.14. The molecule has 1 aromatic carbocycles. The third kappa shape index (κ3) is 9.96. The van der Waals surface area contributed by atoms with E-state index in [0.717, 1.165) is 6.54 Å². The molecule has 0 aliphatic heterocycles. The first-order valence-electron chi connectivity index (χ1n) is 13.0. The second-order valence-electron chi connectivity index (χ2n) is 9.05. The number of para-hydroxylation sites is 1. The molecule has 2 aromatic rings. The van der Waals surface area contributed by atoms with Gasteiger partial charge in [-0.2, -0.15) is 0 Å². The zero-order valence-corrected chi connectivity index (χ0v) is 20.0. The summed E-state index contributed by atoms with van der Waals surface area (Å²) in [7, 11) is 0. The Hall–Kier alpha value is -1.57. The monoisotopic (exact) mass is 411 g/mol. The van der Waals surface area contributed by atoms with Gasteiger partial charge in [0.25, 0.3) is 5.82 Å². The molecule has 0 spiro atoms. The van der Waals surface area contributed by atoms with E-state index in [-0.39, 0.29) is 0 Å². The van der Waals surface area contributed by atoms with Gasteiger partial charge in [0.2, 0.25) is 0 Å². The maximum absolute atomic E-state index is 2.40. The SMILES string of the molecule is CCCCCCCCCCCCCCCCCC[n+]1ccn(-c2ccccc2)c1C. The van der Waals surface area contributed by atoms with Gasteiger partial charge in [0.05, 0.1) is 6.54 Å². The highest BCUT2D eigenvalue weighted by atomic mass is 15.1. The van der Waals surface area contributed by atoms with Crippen LogP contribution in [0.2, 0.25) is 0 Å². The number of unbranched alkanes of at least 4 members (excludes halogenated alkanes) is 15. The lowest BCUT2D eigenvalue weighted by atomic mass is 10.0. The molecule has 2 heteroatoms. The lowest BCUT2D eigenvalue weighted by molar-refractivity contribution is -0.702. The van der Waals surface area contributed by atoms with Crippen LogP contribution in [-0.2, 0) is 6.54 Å². The molecule has 0 radical (unpaired) electrons. The second kappa shape index (κ2) is 16.2. The van der Waals surface area contributed by atoms with E-state index in [1.165, 1.54) is 114 Å². The Labute approximate surface area is 186 Å². The van der Waals surface area contributed by atoms with Crippen molar-refractivity contribution < 1.29 is 4.57 Å². The van der Waals surface area contributed by atoms with Crippen molar-refractivity contribution >= 4 is 0 Å². The molecule has 0 fully saturated rings. The van der Waals surface area contributed by atoms with E-state index in [2.05, 4.69) is 65.7 Å². The van der Waals surface area contributed by atoms with Crippen molar-refractivity contribution in [2.75, 3.05) is 0 Å². The predicted octanol–water partition coefficient (Wildman–Crippen LogP) is 8.33. The van der Waals surface area contributed by atoms with Gasteiger partial charge in [0, 0.05) is 6.92 Å². The van der Waals surface area contributed by atoms with Crippen LogP contribution in [0.5, 0.6) is 0 Å². The summed E-state index contributed by atoms with van der Waals surface area (Å²) >= 11 is 0. The molecule has 0 saturated carbocycles. The molecule has 0 N–H and O–H groups in total. The Morgan fingerprint density at radius 3 is 1.60 bits per heavy atom. The summed E-state index contributed by atoms with van der Waals surface area (Å²) in [4.78, 5) is 0. The predicted molar refractivity (Wildman–Crippen MR) is 130 cm³/mol. The number of hydrogen-bond acceptors (Lipinski definition) is 0. The number of rotatable bonds is 18. The van der Waals surface area contributed by atoms with E-state index in [0.29, 0.717) is 0 Å². The van der Waals surface area contributed by atoms with Gasteiger partial charge < -0.3 is 0 Å². The van der Waals surface area contributed by atoms with Crippen LogP contribution >= 0.6 is 0 Å². The average Bonchev–Trinajstić information content (AvgIpc) is 3.14. The smallest absolute Gasteiger partial charge is 0.234 e. The summed E-state index contributed by atoms with van der Waals surface area (Å²) < 4.78 is 4.68. The Bertz CT molecular complexity index is 644. The number of nitrogens with zero attached hydrogens (tertiary/aromatic N) is 2. The van der Waals surface area contributed by atoms with E-state index >= 15 is 0 Å². The van der Waals surface area contributed by atoms with Crippen molar-refractivity contribution in [3.63, 3.8) is 0 Å². The Kier molecular flexibility index (Phi) is 13.3. The topological polar surface area (TPSA) is 8.81 Å². The summed E-state index contributed by atoms with van der Waals surface area (Å²) in [6, 6.07) is 10.6. The number of aromatic nitrogens is 2. The maximum Gasteiger partial charge on any atom is 0.258 e. The van der Waals surface area contributed by atoms with Crippen molar-refractivity contribution in [3.05, 3.63) is 48.5 Å².